The van der Waals surface area contributed by atoms with Gasteiger partial charge in [0.1, 0.15) is 0 Å². The predicted octanol–water partition coefficient (Wildman–Crippen LogP) is 0.640. The molecule has 5 nitrogen and oxygen atoms in total. The van der Waals surface area contributed by atoms with E-state index in [1.54, 1.807) is 0 Å². The van der Waals surface area contributed by atoms with E-state index in [-0.39, 0.29) is 12.5 Å². The van der Waals surface area contributed by atoms with Crippen LogP contribution in [0.15, 0.2) is 0 Å². The smallest absolute Gasteiger partial charge is 0.324 e. The largest absolute Gasteiger partial charge is 0.378 e. The van der Waals surface area contributed by atoms with E-state index in [9.17, 15) is 13.2 Å². The lowest BCUT2D eigenvalue weighted by atomic mass is 9.78. The summed E-state index contributed by atoms with van der Waals surface area (Å²) in [5, 5.41) is 0. The first-order valence-corrected chi connectivity index (χ1v) is 7.01. The number of hydrogen-bond donors (Lipinski definition) is 0. The highest BCUT2D eigenvalue weighted by molar-refractivity contribution is 8.12. The zero-order valence-electron chi connectivity index (χ0n) is 8.27. The van der Waals surface area contributed by atoms with Crippen molar-refractivity contribution in [3.05, 3.63) is 0 Å². The average Bonchev–Trinajstić information content (AvgIpc) is 1.98. The molecular weight excluding hydrogens is 242 g/mol. The van der Waals surface area contributed by atoms with E-state index >= 15 is 0 Å². The molecule has 15 heavy (non-hydrogen) atoms. The molecule has 0 aromatic carbocycles. The van der Waals surface area contributed by atoms with Crippen molar-refractivity contribution in [3.8, 4) is 0 Å². The van der Waals surface area contributed by atoms with Gasteiger partial charge in [0.15, 0.2) is 0 Å². The third-order valence-electron chi connectivity index (χ3n) is 2.99. The molecule has 2 atom stereocenters. The lowest BCUT2D eigenvalue weighted by Gasteiger charge is -2.52. The van der Waals surface area contributed by atoms with Crippen LogP contribution in [0.3, 0.4) is 0 Å². The lowest BCUT2D eigenvalue weighted by molar-refractivity contribution is -0.155. The maximum atomic E-state index is 11.3. The second-order valence-corrected chi connectivity index (χ2v) is 6.50. The average molecular weight is 254 g/mol. The first-order valence-electron chi connectivity index (χ1n) is 4.75. The Balaban J connectivity index is 2.26. The Bertz CT molecular complexity index is 395. The van der Waals surface area contributed by atoms with E-state index in [1.807, 2.05) is 6.92 Å². The van der Waals surface area contributed by atoms with E-state index in [4.69, 9.17) is 15.4 Å². The topological polar surface area (TPSA) is 63.7 Å². The second-order valence-electron chi connectivity index (χ2n) is 4.14. The maximum Gasteiger partial charge on any atom is 0.324 e. The van der Waals surface area contributed by atoms with Gasteiger partial charge in [0.05, 0.1) is 18.1 Å². The van der Waals surface area contributed by atoms with Gasteiger partial charge in [0.25, 0.3) is 0 Å². The van der Waals surface area contributed by atoms with Crippen LogP contribution in [0.2, 0.25) is 0 Å². The summed E-state index contributed by atoms with van der Waals surface area (Å²) in [6, 6.07) is 0. The maximum absolute atomic E-state index is 11.3. The normalized spacial score (nSPS) is 36.8. The van der Waals surface area contributed by atoms with Crippen LogP contribution in [0, 0.1) is 0 Å². The molecule has 1 amide bonds. The summed E-state index contributed by atoms with van der Waals surface area (Å²) in [6.45, 7) is 2.33. The van der Waals surface area contributed by atoms with E-state index in [1.165, 1.54) is 0 Å². The number of ether oxygens (including phenoxy) is 1. The van der Waals surface area contributed by atoms with Gasteiger partial charge in [0, 0.05) is 17.3 Å². The Hall–Kier alpha value is -0.330. The molecule has 2 fully saturated rings. The van der Waals surface area contributed by atoms with Gasteiger partial charge in [-0.05, 0) is 19.8 Å². The Morgan fingerprint density at radius 3 is 2.73 bits per heavy atom. The van der Waals surface area contributed by atoms with E-state index in [0.717, 1.165) is 4.31 Å². The Morgan fingerprint density at radius 1 is 1.60 bits per heavy atom. The Kier molecular flexibility index (Phi) is 2.48. The number of carbonyl (C=O) groups excluding carboxylic acids is 1. The fourth-order valence-electron chi connectivity index (χ4n) is 2.44. The number of halogens is 1. The summed E-state index contributed by atoms with van der Waals surface area (Å²) < 4.78 is 28.6. The van der Waals surface area contributed by atoms with Crippen LogP contribution >= 0.6 is 10.7 Å². The van der Waals surface area contributed by atoms with Gasteiger partial charge >= 0.3 is 9.24 Å². The molecule has 7 heteroatoms. The standard InChI is InChI=1S/C8H12ClNO4S/c1-6-4-8(2-3-14-6)5-7(11)10(8)15(9,12)13/h6H,2-5H2,1H3. The molecule has 2 aliphatic heterocycles. The summed E-state index contributed by atoms with van der Waals surface area (Å²) in [7, 11) is 1.29. The highest BCUT2D eigenvalue weighted by Gasteiger charge is 2.57. The summed E-state index contributed by atoms with van der Waals surface area (Å²) >= 11 is 0. The first kappa shape index (κ1) is 11.2. The minimum absolute atomic E-state index is 0.0345. The van der Waals surface area contributed by atoms with Crippen molar-refractivity contribution in [2.45, 2.75) is 37.8 Å². The zero-order valence-corrected chi connectivity index (χ0v) is 9.84. The molecule has 1 spiro atoms. The molecule has 0 radical (unpaired) electrons. The first-order chi connectivity index (χ1) is 6.85. The van der Waals surface area contributed by atoms with Crippen LogP contribution in [-0.4, -0.2) is 36.9 Å². The fourth-order valence-corrected chi connectivity index (χ4v) is 4.11. The number of rotatable bonds is 1. The summed E-state index contributed by atoms with van der Waals surface area (Å²) in [5.41, 5.74) is -0.616. The molecule has 2 heterocycles. The number of hydrogen-bond acceptors (Lipinski definition) is 4. The molecule has 2 aliphatic rings. The Labute approximate surface area is 92.9 Å². The van der Waals surface area contributed by atoms with Crippen LogP contribution in [-0.2, 0) is 18.8 Å². The van der Waals surface area contributed by atoms with Crippen molar-refractivity contribution in [2.24, 2.45) is 0 Å². The van der Waals surface area contributed by atoms with Crippen molar-refractivity contribution >= 4 is 25.8 Å². The van der Waals surface area contributed by atoms with Crippen molar-refractivity contribution in [3.63, 3.8) is 0 Å². The van der Waals surface area contributed by atoms with Gasteiger partial charge in [0.2, 0.25) is 5.91 Å². The van der Waals surface area contributed by atoms with Crippen molar-refractivity contribution in [1.29, 1.82) is 0 Å². The highest BCUT2D eigenvalue weighted by atomic mass is 35.7. The molecule has 2 unspecified atom stereocenters. The van der Waals surface area contributed by atoms with Gasteiger partial charge in [-0.2, -0.15) is 8.42 Å². The molecule has 2 rings (SSSR count). The van der Waals surface area contributed by atoms with Crippen LogP contribution in [0.1, 0.15) is 26.2 Å². The molecular formula is C8H12ClNO4S. The lowest BCUT2D eigenvalue weighted by Crippen LogP contribution is -2.67. The van der Waals surface area contributed by atoms with Gasteiger partial charge in [-0.15, -0.1) is 0 Å². The molecule has 0 saturated carbocycles. The number of β-lactam (4-membered cyclic amide) rings is 1. The van der Waals surface area contributed by atoms with Crippen LogP contribution < -0.4 is 0 Å². The fraction of sp³-hybridized carbons (Fsp3) is 0.875. The minimum atomic E-state index is -3.95. The number of amides is 1. The molecule has 0 aromatic heterocycles. The monoisotopic (exact) mass is 253 g/mol. The Morgan fingerprint density at radius 2 is 2.27 bits per heavy atom. The van der Waals surface area contributed by atoms with Crippen LogP contribution in [0.4, 0.5) is 0 Å². The molecule has 86 valence electrons. The SMILES string of the molecule is CC1CC2(CCO1)CC(=O)N2S(=O)(=O)Cl. The second kappa shape index (κ2) is 3.33. The molecule has 0 aliphatic carbocycles. The van der Waals surface area contributed by atoms with E-state index in [2.05, 4.69) is 0 Å². The van der Waals surface area contributed by atoms with Gasteiger partial charge in [-0.1, -0.05) is 0 Å². The summed E-state index contributed by atoms with van der Waals surface area (Å²) in [6.07, 6.45) is 1.29. The molecule has 2 saturated heterocycles. The highest BCUT2D eigenvalue weighted by Crippen LogP contribution is 2.44. The zero-order chi connectivity index (χ0) is 11.3. The van der Waals surface area contributed by atoms with Gasteiger partial charge in [-0.3, -0.25) is 4.79 Å². The quantitative estimate of drug-likeness (QED) is 0.508. The van der Waals surface area contributed by atoms with Crippen molar-refractivity contribution < 1.29 is 17.9 Å². The van der Waals surface area contributed by atoms with E-state index in [0.29, 0.717) is 19.4 Å². The van der Waals surface area contributed by atoms with E-state index < -0.39 is 20.7 Å². The van der Waals surface area contributed by atoms with Crippen molar-refractivity contribution in [1.82, 2.24) is 4.31 Å². The van der Waals surface area contributed by atoms with Gasteiger partial charge < -0.3 is 4.74 Å². The third-order valence-corrected chi connectivity index (χ3v) is 4.43. The minimum Gasteiger partial charge on any atom is -0.378 e. The molecule has 0 N–H and O–H groups in total. The number of carbonyl (C=O) groups is 1. The molecule has 0 aromatic rings. The molecule has 0 bridgehead atoms. The van der Waals surface area contributed by atoms with Crippen LogP contribution in [0.25, 0.3) is 0 Å². The summed E-state index contributed by atoms with van der Waals surface area (Å²) in [5.74, 6) is -0.417. The van der Waals surface area contributed by atoms with Gasteiger partial charge in [-0.25, -0.2) is 4.31 Å². The predicted molar refractivity (Wildman–Crippen MR) is 53.6 cm³/mol. The van der Waals surface area contributed by atoms with Crippen molar-refractivity contribution in [2.75, 3.05) is 6.61 Å². The third kappa shape index (κ3) is 1.74. The number of nitrogens with zero attached hydrogens (tertiary/aromatic N) is 1. The summed E-state index contributed by atoms with van der Waals surface area (Å²) in [4.78, 5) is 11.3. The van der Waals surface area contributed by atoms with Crippen LogP contribution in [0.5, 0.6) is 0 Å².